The number of carboxylic acid groups (broad SMARTS) is 1. The first-order valence-corrected chi connectivity index (χ1v) is 7.56. The van der Waals surface area contributed by atoms with Crippen molar-refractivity contribution in [3.8, 4) is 11.5 Å². The van der Waals surface area contributed by atoms with Crippen LogP contribution in [0.1, 0.15) is 43.8 Å². The fraction of sp³-hybridized carbons (Fsp3) is 0.167. The largest absolute Gasteiger partial charge is 0.507 e. The summed E-state index contributed by atoms with van der Waals surface area (Å²) >= 11 is 0. The molecule has 2 aromatic carbocycles. The van der Waals surface area contributed by atoms with Crippen LogP contribution in [-0.2, 0) is 4.79 Å². The van der Waals surface area contributed by atoms with Gasteiger partial charge in [-0.05, 0) is 30.7 Å². The fourth-order valence-electron chi connectivity index (χ4n) is 2.98. The Bertz CT molecular complexity index is 932. The summed E-state index contributed by atoms with van der Waals surface area (Å²) < 4.78 is 0. The van der Waals surface area contributed by atoms with Gasteiger partial charge in [-0.15, -0.1) is 0 Å². The molecule has 0 saturated heterocycles. The number of phenolic OH excluding ortho intramolecular Hbond substituents is 2. The molecule has 0 atom stereocenters. The standard InChI is InChI=1S/C18H15NO6/c1-8-2-4-10(20)15-13(8)17(24)16-11(21)5-3-9(14(16)18(15)25)19-7-6-12(22)23/h2-5,19-21H,6-7H2,1H3,(H,22,23). The smallest absolute Gasteiger partial charge is 0.305 e. The summed E-state index contributed by atoms with van der Waals surface area (Å²) in [5.74, 6) is -2.83. The maximum Gasteiger partial charge on any atom is 0.305 e. The SMILES string of the molecule is Cc1ccc(O)c2c1C(=O)c1c(O)ccc(NCCC(=O)O)c1C2=O. The Morgan fingerprint density at radius 3 is 2.12 bits per heavy atom. The number of carbonyl (C=O) groups excluding carboxylic acids is 2. The third kappa shape index (κ3) is 2.59. The van der Waals surface area contributed by atoms with E-state index in [0.29, 0.717) is 5.56 Å². The highest BCUT2D eigenvalue weighted by molar-refractivity contribution is 6.32. The van der Waals surface area contributed by atoms with Crippen LogP contribution in [-0.4, -0.2) is 39.4 Å². The molecule has 4 N–H and O–H groups in total. The molecule has 0 unspecified atom stereocenters. The van der Waals surface area contributed by atoms with Gasteiger partial charge in [0.25, 0.3) is 0 Å². The van der Waals surface area contributed by atoms with Crippen molar-refractivity contribution in [1.29, 1.82) is 0 Å². The summed E-state index contributed by atoms with van der Waals surface area (Å²) in [6.45, 7) is 1.68. The molecule has 0 spiro atoms. The number of ketones is 2. The number of phenols is 2. The minimum atomic E-state index is -1.01. The Hall–Kier alpha value is -3.35. The van der Waals surface area contributed by atoms with Gasteiger partial charge in [0.05, 0.1) is 23.1 Å². The lowest BCUT2D eigenvalue weighted by molar-refractivity contribution is -0.136. The Labute approximate surface area is 142 Å². The zero-order valence-corrected chi connectivity index (χ0v) is 13.3. The molecule has 0 amide bonds. The number of hydrogen-bond donors (Lipinski definition) is 4. The highest BCUT2D eigenvalue weighted by Gasteiger charge is 2.37. The average Bonchev–Trinajstić information content (AvgIpc) is 2.55. The first-order chi connectivity index (χ1) is 11.8. The summed E-state index contributed by atoms with van der Waals surface area (Å²) in [7, 11) is 0. The fourth-order valence-corrected chi connectivity index (χ4v) is 2.98. The number of anilines is 1. The molecule has 1 aliphatic carbocycles. The molecule has 7 nitrogen and oxygen atoms in total. The van der Waals surface area contributed by atoms with Gasteiger partial charge in [-0.25, -0.2) is 0 Å². The van der Waals surface area contributed by atoms with Crippen molar-refractivity contribution in [2.24, 2.45) is 0 Å². The number of nitrogens with one attached hydrogen (secondary N) is 1. The summed E-state index contributed by atoms with van der Waals surface area (Å²) in [6.07, 6.45) is -0.182. The van der Waals surface area contributed by atoms with Crippen LogP contribution in [0.3, 0.4) is 0 Å². The summed E-state index contributed by atoms with van der Waals surface area (Å²) in [6, 6.07) is 5.54. The van der Waals surface area contributed by atoms with Crippen LogP contribution in [0, 0.1) is 6.92 Å². The summed E-state index contributed by atoms with van der Waals surface area (Å²) in [5, 5.41) is 31.7. The number of rotatable bonds is 4. The average molecular weight is 341 g/mol. The molecule has 0 saturated carbocycles. The second-order valence-corrected chi connectivity index (χ2v) is 5.76. The quantitative estimate of drug-likeness (QED) is 0.535. The number of aliphatic carboxylic acids is 1. The van der Waals surface area contributed by atoms with E-state index in [1.807, 2.05) is 0 Å². The highest BCUT2D eigenvalue weighted by atomic mass is 16.4. The van der Waals surface area contributed by atoms with E-state index >= 15 is 0 Å². The Morgan fingerprint density at radius 1 is 0.920 bits per heavy atom. The number of carboxylic acids is 1. The minimum absolute atomic E-state index is 0.0423. The third-order valence-corrected chi connectivity index (χ3v) is 4.14. The zero-order chi connectivity index (χ0) is 18.3. The second kappa shape index (κ2) is 5.94. The van der Waals surface area contributed by atoms with Crippen molar-refractivity contribution in [3.05, 3.63) is 52.1 Å². The van der Waals surface area contributed by atoms with Gasteiger partial charge in [-0.3, -0.25) is 14.4 Å². The second-order valence-electron chi connectivity index (χ2n) is 5.76. The molecule has 0 aromatic heterocycles. The third-order valence-electron chi connectivity index (χ3n) is 4.14. The van der Waals surface area contributed by atoms with E-state index in [1.54, 1.807) is 6.92 Å². The molecular weight excluding hydrogens is 326 g/mol. The number of aromatic hydroxyl groups is 2. The van der Waals surface area contributed by atoms with Crippen LogP contribution >= 0.6 is 0 Å². The van der Waals surface area contributed by atoms with Gasteiger partial charge in [0.15, 0.2) is 11.6 Å². The van der Waals surface area contributed by atoms with Gasteiger partial charge in [-0.2, -0.15) is 0 Å². The van der Waals surface area contributed by atoms with Crippen LogP contribution in [0.15, 0.2) is 24.3 Å². The number of hydrogen-bond acceptors (Lipinski definition) is 6. The lowest BCUT2D eigenvalue weighted by atomic mass is 9.80. The van der Waals surface area contributed by atoms with Crippen LogP contribution in [0.5, 0.6) is 11.5 Å². The number of aryl methyl sites for hydroxylation is 1. The van der Waals surface area contributed by atoms with Crippen LogP contribution in [0.25, 0.3) is 0 Å². The molecular formula is C18H15NO6. The van der Waals surface area contributed by atoms with Gasteiger partial charge >= 0.3 is 5.97 Å². The Kier molecular flexibility index (Phi) is 3.92. The van der Waals surface area contributed by atoms with Crippen molar-refractivity contribution < 1.29 is 29.7 Å². The molecule has 0 aliphatic heterocycles. The molecule has 3 rings (SSSR count). The number of benzene rings is 2. The van der Waals surface area contributed by atoms with Crippen molar-refractivity contribution in [3.63, 3.8) is 0 Å². The molecule has 0 bridgehead atoms. The van der Waals surface area contributed by atoms with Gasteiger partial charge in [0, 0.05) is 17.8 Å². The Morgan fingerprint density at radius 2 is 1.48 bits per heavy atom. The summed E-state index contributed by atoms with van der Waals surface area (Å²) in [5.41, 5.74) is 0.495. The number of fused-ring (bicyclic) bond motifs is 2. The van der Waals surface area contributed by atoms with E-state index in [4.69, 9.17) is 5.11 Å². The van der Waals surface area contributed by atoms with E-state index in [-0.39, 0.29) is 52.4 Å². The molecule has 2 aromatic rings. The van der Waals surface area contributed by atoms with Crippen LogP contribution < -0.4 is 5.32 Å². The van der Waals surface area contributed by atoms with Gasteiger partial charge in [0.2, 0.25) is 0 Å². The molecule has 25 heavy (non-hydrogen) atoms. The maximum atomic E-state index is 12.9. The van der Waals surface area contributed by atoms with E-state index in [1.165, 1.54) is 24.3 Å². The monoisotopic (exact) mass is 341 g/mol. The lowest BCUT2D eigenvalue weighted by Gasteiger charge is -2.23. The highest BCUT2D eigenvalue weighted by Crippen LogP contribution is 2.40. The van der Waals surface area contributed by atoms with Crippen molar-refractivity contribution in [2.75, 3.05) is 11.9 Å². The van der Waals surface area contributed by atoms with E-state index in [0.717, 1.165) is 0 Å². The number of carbonyl (C=O) groups is 3. The first-order valence-electron chi connectivity index (χ1n) is 7.56. The zero-order valence-electron chi connectivity index (χ0n) is 13.3. The van der Waals surface area contributed by atoms with Gasteiger partial charge in [-0.1, -0.05) is 6.07 Å². The van der Waals surface area contributed by atoms with E-state index < -0.39 is 17.5 Å². The predicted octanol–water partition coefficient (Wildman–Crippen LogP) is 2.07. The normalized spacial score (nSPS) is 12.5. The molecule has 0 radical (unpaired) electrons. The molecule has 128 valence electrons. The van der Waals surface area contributed by atoms with Gasteiger partial charge in [0.1, 0.15) is 11.5 Å². The topological polar surface area (TPSA) is 124 Å². The van der Waals surface area contributed by atoms with Crippen LogP contribution in [0.4, 0.5) is 5.69 Å². The van der Waals surface area contributed by atoms with Gasteiger partial charge < -0.3 is 20.6 Å². The molecule has 0 fully saturated rings. The maximum absolute atomic E-state index is 12.9. The molecule has 0 heterocycles. The van der Waals surface area contributed by atoms with Crippen LogP contribution in [0.2, 0.25) is 0 Å². The first kappa shape index (κ1) is 16.5. The Balaban J connectivity index is 2.18. The molecule has 1 aliphatic rings. The van der Waals surface area contributed by atoms with E-state index in [2.05, 4.69) is 5.32 Å². The predicted molar refractivity (Wildman–Crippen MR) is 88.6 cm³/mol. The van der Waals surface area contributed by atoms with Crippen molar-refractivity contribution in [2.45, 2.75) is 13.3 Å². The summed E-state index contributed by atoms with van der Waals surface area (Å²) in [4.78, 5) is 36.4. The lowest BCUT2D eigenvalue weighted by Crippen LogP contribution is -2.24. The minimum Gasteiger partial charge on any atom is -0.507 e. The van der Waals surface area contributed by atoms with Crippen molar-refractivity contribution in [1.82, 2.24) is 0 Å². The van der Waals surface area contributed by atoms with E-state index in [9.17, 15) is 24.6 Å². The van der Waals surface area contributed by atoms with Crippen molar-refractivity contribution >= 4 is 23.2 Å². The molecule has 7 heteroatoms.